The van der Waals surface area contributed by atoms with Gasteiger partial charge in [-0.2, -0.15) is 0 Å². The third-order valence-corrected chi connectivity index (χ3v) is 4.35. The Hall–Kier alpha value is -1.49. The van der Waals surface area contributed by atoms with Gasteiger partial charge in [-0.05, 0) is 52.7 Å². The van der Waals surface area contributed by atoms with Gasteiger partial charge in [0, 0.05) is 44.1 Å². The van der Waals surface area contributed by atoms with Gasteiger partial charge in [0.25, 0.3) is 0 Å². The molecule has 2 heterocycles. The molecule has 1 fully saturated rings. The molecule has 5 nitrogen and oxygen atoms in total. The number of H-pyrrole nitrogens is 1. The maximum atomic E-state index is 12.1. The fourth-order valence-corrected chi connectivity index (χ4v) is 2.94. The van der Waals surface area contributed by atoms with E-state index in [1.165, 1.54) is 5.69 Å². The summed E-state index contributed by atoms with van der Waals surface area (Å²) >= 11 is 0. The van der Waals surface area contributed by atoms with Gasteiger partial charge in [-0.15, -0.1) is 0 Å². The second kappa shape index (κ2) is 6.73. The molecule has 124 valence electrons. The maximum Gasteiger partial charge on any atom is 0.410 e. The van der Waals surface area contributed by atoms with E-state index in [1.54, 1.807) is 4.90 Å². The summed E-state index contributed by atoms with van der Waals surface area (Å²) in [6.45, 7) is 9.93. The summed E-state index contributed by atoms with van der Waals surface area (Å²) in [5.74, 6) is 0. The van der Waals surface area contributed by atoms with Gasteiger partial charge < -0.3 is 14.6 Å². The fraction of sp³-hybridized carbons (Fsp3) is 0.706. The van der Waals surface area contributed by atoms with Crippen LogP contribution in [0.25, 0.3) is 0 Å². The summed E-state index contributed by atoms with van der Waals surface area (Å²) in [5, 5.41) is 0. The van der Waals surface area contributed by atoms with Gasteiger partial charge in [-0.3, -0.25) is 4.90 Å². The summed E-state index contributed by atoms with van der Waals surface area (Å²) in [6, 6.07) is 4.82. The molecular weight excluding hydrogens is 278 g/mol. The highest BCUT2D eigenvalue weighted by atomic mass is 16.6. The van der Waals surface area contributed by atoms with Gasteiger partial charge in [0.05, 0.1) is 0 Å². The minimum Gasteiger partial charge on any atom is -0.444 e. The minimum atomic E-state index is -0.436. The number of aromatic nitrogens is 1. The third kappa shape index (κ3) is 4.26. The number of amides is 1. The van der Waals surface area contributed by atoms with Crippen LogP contribution in [0.2, 0.25) is 0 Å². The van der Waals surface area contributed by atoms with Crippen molar-refractivity contribution in [3.8, 4) is 0 Å². The summed E-state index contributed by atoms with van der Waals surface area (Å²) in [7, 11) is 1.85. The Morgan fingerprint density at radius 2 is 2.05 bits per heavy atom. The molecule has 0 aromatic carbocycles. The average molecular weight is 307 g/mol. The van der Waals surface area contributed by atoms with Crippen molar-refractivity contribution >= 4 is 6.09 Å². The van der Waals surface area contributed by atoms with E-state index in [9.17, 15) is 4.79 Å². The van der Waals surface area contributed by atoms with Crippen molar-refractivity contribution in [2.75, 3.05) is 20.1 Å². The van der Waals surface area contributed by atoms with Crippen LogP contribution in [0.5, 0.6) is 0 Å². The number of likely N-dealkylation sites (tertiary alicyclic amines) is 1. The van der Waals surface area contributed by atoms with Gasteiger partial charge in [0.2, 0.25) is 0 Å². The minimum absolute atomic E-state index is 0.219. The monoisotopic (exact) mass is 307 g/mol. The number of carbonyl (C=O) groups is 1. The van der Waals surface area contributed by atoms with Crippen molar-refractivity contribution in [3.63, 3.8) is 0 Å². The number of nitrogens with zero attached hydrogens (tertiary/aromatic N) is 2. The second-order valence-corrected chi connectivity index (χ2v) is 7.16. The predicted octanol–water partition coefficient (Wildman–Crippen LogP) is 3.41. The van der Waals surface area contributed by atoms with Crippen LogP contribution in [-0.4, -0.2) is 52.7 Å². The highest BCUT2D eigenvalue weighted by Crippen LogP contribution is 2.25. The van der Waals surface area contributed by atoms with Gasteiger partial charge in [0.15, 0.2) is 0 Å². The molecule has 0 bridgehead atoms. The molecule has 1 aliphatic rings. The lowest BCUT2D eigenvalue weighted by molar-refractivity contribution is 0.0133. The van der Waals surface area contributed by atoms with E-state index in [-0.39, 0.29) is 12.1 Å². The summed E-state index contributed by atoms with van der Waals surface area (Å²) in [5.41, 5.74) is 0.813. The van der Waals surface area contributed by atoms with Crippen molar-refractivity contribution in [1.82, 2.24) is 14.8 Å². The Bertz CT molecular complexity index is 471. The number of piperidine rings is 1. The molecule has 0 aliphatic carbocycles. The molecule has 1 saturated heterocycles. The summed E-state index contributed by atoms with van der Waals surface area (Å²) in [6.07, 6.45) is 3.72. The quantitative estimate of drug-likeness (QED) is 0.931. The lowest BCUT2D eigenvalue weighted by Crippen LogP contribution is -2.47. The molecule has 0 spiro atoms. The smallest absolute Gasteiger partial charge is 0.410 e. The first-order valence-electron chi connectivity index (χ1n) is 8.11. The van der Waals surface area contributed by atoms with Crippen molar-refractivity contribution in [2.45, 2.75) is 58.2 Å². The van der Waals surface area contributed by atoms with E-state index >= 15 is 0 Å². The van der Waals surface area contributed by atoms with Crippen LogP contribution >= 0.6 is 0 Å². The average Bonchev–Trinajstić information content (AvgIpc) is 2.98. The van der Waals surface area contributed by atoms with E-state index in [4.69, 9.17) is 4.74 Å². The summed E-state index contributed by atoms with van der Waals surface area (Å²) < 4.78 is 5.45. The van der Waals surface area contributed by atoms with Crippen LogP contribution in [-0.2, 0) is 4.74 Å². The Kier molecular flexibility index (Phi) is 5.16. The number of hydrogen-bond acceptors (Lipinski definition) is 3. The zero-order valence-electron chi connectivity index (χ0n) is 14.4. The molecule has 0 saturated carbocycles. The highest BCUT2D eigenvalue weighted by molar-refractivity contribution is 5.68. The summed E-state index contributed by atoms with van der Waals surface area (Å²) in [4.78, 5) is 19.7. The molecule has 1 aromatic rings. The molecular formula is C17H29N3O2. The van der Waals surface area contributed by atoms with Gasteiger partial charge in [0.1, 0.15) is 5.60 Å². The Morgan fingerprint density at radius 3 is 2.55 bits per heavy atom. The number of rotatable bonds is 3. The van der Waals surface area contributed by atoms with E-state index in [0.717, 1.165) is 25.9 Å². The van der Waals surface area contributed by atoms with E-state index < -0.39 is 5.60 Å². The Balaban J connectivity index is 1.85. The van der Waals surface area contributed by atoms with E-state index in [0.29, 0.717) is 6.04 Å². The molecule has 2 rings (SSSR count). The van der Waals surface area contributed by atoms with Crippen molar-refractivity contribution in [3.05, 3.63) is 24.0 Å². The van der Waals surface area contributed by atoms with Crippen molar-refractivity contribution in [2.24, 2.45) is 0 Å². The number of hydrogen-bond donors (Lipinski definition) is 1. The van der Waals surface area contributed by atoms with Crippen LogP contribution in [0.15, 0.2) is 18.3 Å². The largest absolute Gasteiger partial charge is 0.444 e. The van der Waals surface area contributed by atoms with Gasteiger partial charge in [-0.1, -0.05) is 0 Å². The van der Waals surface area contributed by atoms with Crippen LogP contribution in [0.3, 0.4) is 0 Å². The normalized spacial score (nSPS) is 19.0. The zero-order chi connectivity index (χ0) is 16.3. The molecule has 0 radical (unpaired) electrons. The first-order chi connectivity index (χ1) is 10.3. The van der Waals surface area contributed by atoms with Crippen LogP contribution < -0.4 is 0 Å². The highest BCUT2D eigenvalue weighted by Gasteiger charge is 2.30. The molecule has 1 aromatic heterocycles. The molecule has 0 unspecified atom stereocenters. The predicted molar refractivity (Wildman–Crippen MR) is 87.8 cm³/mol. The topological polar surface area (TPSA) is 48.6 Å². The zero-order valence-corrected chi connectivity index (χ0v) is 14.4. The van der Waals surface area contributed by atoms with E-state index in [1.807, 2.05) is 40.1 Å². The maximum absolute atomic E-state index is 12.1. The number of aromatic amines is 1. The Labute approximate surface area is 133 Å². The molecule has 1 atom stereocenters. The number of nitrogens with one attached hydrogen (secondary N) is 1. The lowest BCUT2D eigenvalue weighted by Gasteiger charge is -2.39. The van der Waals surface area contributed by atoms with Crippen LogP contribution in [0.1, 0.15) is 52.3 Å². The third-order valence-electron chi connectivity index (χ3n) is 4.35. The molecule has 1 amide bonds. The van der Waals surface area contributed by atoms with Crippen molar-refractivity contribution in [1.29, 1.82) is 0 Å². The van der Waals surface area contributed by atoms with Crippen molar-refractivity contribution < 1.29 is 9.53 Å². The number of ether oxygens (including phenoxy) is 1. The number of carbonyl (C=O) groups excluding carboxylic acids is 1. The Morgan fingerprint density at radius 1 is 1.41 bits per heavy atom. The SMILES string of the molecule is C[C@H](c1ccc[nH]1)N1CCC(N(C)C(=O)OC(C)(C)C)CC1. The molecule has 22 heavy (non-hydrogen) atoms. The van der Waals surface area contributed by atoms with Crippen LogP contribution in [0.4, 0.5) is 4.79 Å². The van der Waals surface area contributed by atoms with Crippen LogP contribution in [0, 0.1) is 0 Å². The first kappa shape index (κ1) is 16.9. The lowest BCUT2D eigenvalue weighted by atomic mass is 10.0. The van der Waals surface area contributed by atoms with E-state index in [2.05, 4.69) is 22.9 Å². The molecule has 5 heteroatoms. The fourth-order valence-electron chi connectivity index (χ4n) is 2.94. The first-order valence-corrected chi connectivity index (χ1v) is 8.11. The van der Waals surface area contributed by atoms with Gasteiger partial charge >= 0.3 is 6.09 Å². The standard InChI is InChI=1S/C17H29N3O2/c1-13(15-7-6-10-18-15)20-11-8-14(9-12-20)19(5)16(21)22-17(2,3)4/h6-7,10,13-14,18H,8-9,11-12H2,1-5H3/t13-/m1/s1. The van der Waals surface area contributed by atoms with Gasteiger partial charge in [-0.25, -0.2) is 4.79 Å². The molecule has 1 aliphatic heterocycles. The second-order valence-electron chi connectivity index (χ2n) is 7.16. The molecule has 1 N–H and O–H groups in total.